The Hall–Kier alpha value is -3.23. The fourth-order valence-electron chi connectivity index (χ4n) is 3.59. The Balaban J connectivity index is 1.67. The number of rotatable bonds is 7. The average Bonchev–Trinajstić information content (AvgIpc) is 3.37. The molecule has 0 spiro atoms. The van der Waals surface area contributed by atoms with Gasteiger partial charge in [-0.1, -0.05) is 18.2 Å². The number of benzene rings is 1. The summed E-state index contributed by atoms with van der Waals surface area (Å²) in [5, 5.41) is 13.1. The molecule has 8 heteroatoms. The van der Waals surface area contributed by atoms with Gasteiger partial charge in [0.15, 0.2) is 5.11 Å². The van der Waals surface area contributed by atoms with E-state index in [0.29, 0.717) is 24.0 Å². The first-order valence-corrected chi connectivity index (χ1v) is 9.90. The molecule has 0 saturated carbocycles. The Morgan fingerprint density at radius 3 is 2.70 bits per heavy atom. The van der Waals surface area contributed by atoms with E-state index in [1.807, 2.05) is 35.2 Å². The van der Waals surface area contributed by atoms with Crippen LogP contribution in [0.3, 0.4) is 0 Å². The third-order valence-electron chi connectivity index (χ3n) is 5.07. The maximum atomic E-state index is 11.1. The van der Waals surface area contributed by atoms with E-state index in [1.54, 1.807) is 37.6 Å². The standard InChI is InChI=1S/C22H21N3O4S/c1-28-13-12-25-20(19(24-22(25)30)16-4-2-3-11-23-16)18-10-9-17(29-18)14-5-7-15(8-6-14)21(26)27/h2-11,19-20H,12-13H2,1H3,(H,24,30)(H,26,27)/t19-,20+/m1/s1. The van der Waals surface area contributed by atoms with Crippen LogP contribution >= 0.6 is 12.2 Å². The lowest BCUT2D eigenvalue weighted by Gasteiger charge is -2.25. The van der Waals surface area contributed by atoms with E-state index in [9.17, 15) is 4.79 Å². The van der Waals surface area contributed by atoms with Crippen molar-refractivity contribution in [3.05, 3.63) is 77.8 Å². The number of hydrogen-bond donors (Lipinski definition) is 2. The fourth-order valence-corrected chi connectivity index (χ4v) is 3.92. The van der Waals surface area contributed by atoms with E-state index in [-0.39, 0.29) is 17.6 Å². The number of aromatic nitrogens is 1. The van der Waals surface area contributed by atoms with Crippen LogP contribution in [0.25, 0.3) is 11.3 Å². The van der Waals surface area contributed by atoms with Gasteiger partial charge in [0.1, 0.15) is 17.6 Å². The lowest BCUT2D eigenvalue weighted by Crippen LogP contribution is -2.32. The molecule has 1 fully saturated rings. The van der Waals surface area contributed by atoms with Gasteiger partial charge in [-0.05, 0) is 48.6 Å². The summed E-state index contributed by atoms with van der Waals surface area (Å²) in [6, 6.07) is 15.8. The topological polar surface area (TPSA) is 87.8 Å². The molecule has 2 N–H and O–H groups in total. The van der Waals surface area contributed by atoms with Crippen molar-refractivity contribution < 1.29 is 19.1 Å². The predicted molar refractivity (Wildman–Crippen MR) is 115 cm³/mol. The van der Waals surface area contributed by atoms with Crippen molar-refractivity contribution in [1.29, 1.82) is 0 Å². The lowest BCUT2D eigenvalue weighted by molar-refractivity contribution is 0.0697. The molecule has 1 aliphatic rings. The normalized spacial score (nSPS) is 18.4. The molecular formula is C22H21N3O4S. The highest BCUT2D eigenvalue weighted by molar-refractivity contribution is 7.80. The molecule has 1 aliphatic heterocycles. The van der Waals surface area contributed by atoms with Gasteiger partial charge in [0.05, 0.1) is 23.9 Å². The van der Waals surface area contributed by atoms with E-state index >= 15 is 0 Å². The molecule has 0 amide bonds. The Bertz CT molecular complexity index is 1040. The van der Waals surface area contributed by atoms with Crippen LogP contribution in [0.1, 0.15) is 33.9 Å². The highest BCUT2D eigenvalue weighted by Crippen LogP contribution is 2.40. The summed E-state index contributed by atoms with van der Waals surface area (Å²) in [4.78, 5) is 17.6. The van der Waals surface area contributed by atoms with Crippen molar-refractivity contribution in [2.45, 2.75) is 12.1 Å². The maximum Gasteiger partial charge on any atom is 0.335 e. The highest BCUT2D eigenvalue weighted by Gasteiger charge is 2.41. The van der Waals surface area contributed by atoms with Crippen LogP contribution in [0, 0.1) is 0 Å². The van der Waals surface area contributed by atoms with Crippen LogP contribution in [0.2, 0.25) is 0 Å². The molecule has 7 nitrogen and oxygen atoms in total. The number of carboxylic acid groups (broad SMARTS) is 1. The molecule has 154 valence electrons. The molecule has 1 saturated heterocycles. The van der Waals surface area contributed by atoms with Crippen molar-refractivity contribution in [3.8, 4) is 11.3 Å². The number of ether oxygens (including phenoxy) is 1. The first-order valence-electron chi connectivity index (χ1n) is 9.49. The van der Waals surface area contributed by atoms with Crippen molar-refractivity contribution in [3.63, 3.8) is 0 Å². The summed E-state index contributed by atoms with van der Waals surface area (Å²) in [6.45, 7) is 1.14. The van der Waals surface area contributed by atoms with Crippen molar-refractivity contribution in [1.82, 2.24) is 15.2 Å². The molecule has 3 heterocycles. The van der Waals surface area contributed by atoms with Crippen LogP contribution in [0.4, 0.5) is 0 Å². The zero-order valence-corrected chi connectivity index (χ0v) is 17.1. The zero-order chi connectivity index (χ0) is 21.1. The number of pyridine rings is 1. The second-order valence-corrected chi connectivity index (χ2v) is 7.28. The van der Waals surface area contributed by atoms with E-state index in [0.717, 1.165) is 17.0 Å². The van der Waals surface area contributed by atoms with Gasteiger partial charge in [0.25, 0.3) is 0 Å². The summed E-state index contributed by atoms with van der Waals surface area (Å²) >= 11 is 5.58. The van der Waals surface area contributed by atoms with Gasteiger partial charge >= 0.3 is 5.97 Å². The van der Waals surface area contributed by atoms with Crippen LogP contribution in [-0.2, 0) is 4.74 Å². The van der Waals surface area contributed by atoms with Gasteiger partial charge < -0.3 is 24.5 Å². The molecule has 0 radical (unpaired) electrons. The molecule has 3 aromatic rings. The number of nitrogens with one attached hydrogen (secondary N) is 1. The van der Waals surface area contributed by atoms with Gasteiger partial charge in [-0.15, -0.1) is 0 Å². The largest absolute Gasteiger partial charge is 0.478 e. The Kier molecular flexibility index (Phi) is 5.78. The third-order valence-corrected chi connectivity index (χ3v) is 5.42. The SMILES string of the molecule is COCCN1C(=S)N[C@H](c2ccccn2)[C@@H]1c1ccc(-c2ccc(C(=O)O)cc2)o1. The van der Waals surface area contributed by atoms with Gasteiger partial charge in [0.2, 0.25) is 0 Å². The van der Waals surface area contributed by atoms with E-state index < -0.39 is 5.97 Å². The van der Waals surface area contributed by atoms with Gasteiger partial charge in [-0.3, -0.25) is 4.98 Å². The number of aromatic carboxylic acids is 1. The Morgan fingerprint density at radius 1 is 1.23 bits per heavy atom. The molecule has 4 rings (SSSR count). The smallest absolute Gasteiger partial charge is 0.335 e. The summed E-state index contributed by atoms with van der Waals surface area (Å²) in [5.41, 5.74) is 1.91. The zero-order valence-electron chi connectivity index (χ0n) is 16.3. The van der Waals surface area contributed by atoms with Crippen LogP contribution in [-0.4, -0.2) is 46.3 Å². The van der Waals surface area contributed by atoms with Crippen LogP contribution in [0.5, 0.6) is 0 Å². The van der Waals surface area contributed by atoms with Crippen LogP contribution < -0.4 is 5.32 Å². The van der Waals surface area contributed by atoms with Crippen molar-refractivity contribution in [2.75, 3.05) is 20.3 Å². The summed E-state index contributed by atoms with van der Waals surface area (Å²) < 4.78 is 11.5. The average molecular weight is 423 g/mol. The number of carboxylic acids is 1. The molecule has 0 unspecified atom stereocenters. The number of hydrogen-bond acceptors (Lipinski definition) is 5. The number of thiocarbonyl (C=S) groups is 1. The second-order valence-electron chi connectivity index (χ2n) is 6.90. The highest BCUT2D eigenvalue weighted by atomic mass is 32.1. The fraction of sp³-hybridized carbons (Fsp3) is 0.227. The summed E-state index contributed by atoms with van der Waals surface area (Å²) in [7, 11) is 1.66. The predicted octanol–water partition coefficient (Wildman–Crippen LogP) is 3.66. The number of furan rings is 1. The van der Waals surface area contributed by atoms with Crippen LogP contribution in [0.15, 0.2) is 65.2 Å². The third kappa shape index (κ3) is 3.92. The van der Waals surface area contributed by atoms with Gasteiger partial charge in [-0.2, -0.15) is 0 Å². The first-order chi connectivity index (χ1) is 14.6. The minimum Gasteiger partial charge on any atom is -0.478 e. The van der Waals surface area contributed by atoms with E-state index in [2.05, 4.69) is 10.3 Å². The Labute approximate surface area is 179 Å². The monoisotopic (exact) mass is 423 g/mol. The number of methoxy groups -OCH3 is 1. The maximum absolute atomic E-state index is 11.1. The summed E-state index contributed by atoms with van der Waals surface area (Å²) in [6.07, 6.45) is 1.76. The molecule has 0 aliphatic carbocycles. The quantitative estimate of drug-likeness (QED) is 0.557. The Morgan fingerprint density at radius 2 is 2.03 bits per heavy atom. The number of nitrogens with zero attached hydrogens (tertiary/aromatic N) is 2. The van der Waals surface area contributed by atoms with E-state index in [4.69, 9.17) is 26.5 Å². The van der Waals surface area contributed by atoms with Gasteiger partial charge in [-0.25, -0.2) is 4.79 Å². The summed E-state index contributed by atoms with van der Waals surface area (Å²) in [5.74, 6) is 0.442. The molecule has 0 bridgehead atoms. The second kappa shape index (κ2) is 8.64. The molecule has 1 aromatic carbocycles. The van der Waals surface area contributed by atoms with Gasteiger partial charge in [0, 0.05) is 25.4 Å². The molecular weight excluding hydrogens is 402 g/mol. The lowest BCUT2D eigenvalue weighted by atomic mass is 10.0. The number of carbonyl (C=O) groups is 1. The minimum absolute atomic E-state index is 0.163. The molecule has 2 atom stereocenters. The molecule has 2 aromatic heterocycles. The minimum atomic E-state index is -0.959. The van der Waals surface area contributed by atoms with Crippen molar-refractivity contribution in [2.24, 2.45) is 0 Å². The van der Waals surface area contributed by atoms with E-state index in [1.165, 1.54) is 0 Å². The van der Waals surface area contributed by atoms with Crippen molar-refractivity contribution >= 4 is 23.3 Å². The molecule has 30 heavy (non-hydrogen) atoms. The first kappa shape index (κ1) is 20.1.